The van der Waals surface area contributed by atoms with Crippen LogP contribution >= 0.6 is 0 Å². The van der Waals surface area contributed by atoms with Crippen LogP contribution in [-0.2, 0) is 20.8 Å². The van der Waals surface area contributed by atoms with Gasteiger partial charge in [-0.3, -0.25) is 9.59 Å². The van der Waals surface area contributed by atoms with Crippen LogP contribution in [0.2, 0.25) is 0 Å². The number of carbonyl (C=O) groups is 1. The standard InChI is InChI=1S/C20H19F3N4O5S/c1-4-33(30,31)15-8-13(32-19(2,3)18(24)29)10-25-16(15)27-17(28)14-7-12(20(21,22)23)6-5-11(14)9-26-27/h5-10H,4H2,1-3H3,(H2,24,29). The van der Waals surface area contributed by atoms with Crippen LogP contribution in [-0.4, -0.2) is 40.4 Å². The Morgan fingerprint density at radius 1 is 1.18 bits per heavy atom. The van der Waals surface area contributed by atoms with Crippen LogP contribution in [0.4, 0.5) is 13.2 Å². The molecule has 0 saturated carbocycles. The van der Waals surface area contributed by atoms with Crippen molar-refractivity contribution in [2.45, 2.75) is 37.4 Å². The molecule has 3 rings (SSSR count). The largest absolute Gasteiger partial charge is 0.476 e. The second kappa shape index (κ2) is 8.14. The quantitative estimate of drug-likeness (QED) is 0.567. The summed E-state index contributed by atoms with van der Waals surface area (Å²) in [6, 6.07) is 3.62. The van der Waals surface area contributed by atoms with E-state index in [1.807, 2.05) is 0 Å². The van der Waals surface area contributed by atoms with Gasteiger partial charge >= 0.3 is 6.18 Å². The lowest BCUT2D eigenvalue weighted by atomic mass is 10.1. The highest BCUT2D eigenvalue weighted by Crippen LogP contribution is 2.31. The number of rotatable bonds is 6. The number of hydrogen-bond acceptors (Lipinski definition) is 7. The molecule has 176 valence electrons. The summed E-state index contributed by atoms with van der Waals surface area (Å²) >= 11 is 0. The van der Waals surface area contributed by atoms with Gasteiger partial charge in [-0.15, -0.1) is 0 Å². The fourth-order valence-corrected chi connectivity index (χ4v) is 3.86. The minimum absolute atomic E-state index is 0.122. The van der Waals surface area contributed by atoms with E-state index < -0.39 is 49.4 Å². The normalized spacial score (nSPS) is 12.7. The molecule has 0 aliphatic rings. The van der Waals surface area contributed by atoms with Gasteiger partial charge < -0.3 is 10.5 Å². The minimum atomic E-state index is -4.68. The molecule has 13 heteroatoms. The molecule has 1 amide bonds. The number of carbonyl (C=O) groups excluding carboxylic acids is 1. The topological polar surface area (TPSA) is 134 Å². The molecule has 33 heavy (non-hydrogen) atoms. The second-order valence-corrected chi connectivity index (χ2v) is 9.78. The van der Waals surface area contributed by atoms with Crippen molar-refractivity contribution in [1.82, 2.24) is 14.8 Å². The number of nitrogens with zero attached hydrogens (tertiary/aromatic N) is 3. The Labute approximate surface area is 185 Å². The van der Waals surface area contributed by atoms with Crippen LogP contribution in [0.5, 0.6) is 5.75 Å². The van der Waals surface area contributed by atoms with Gasteiger partial charge in [0.2, 0.25) is 0 Å². The molecule has 0 aliphatic carbocycles. The monoisotopic (exact) mass is 484 g/mol. The van der Waals surface area contributed by atoms with Crippen LogP contribution in [0, 0.1) is 0 Å². The van der Waals surface area contributed by atoms with Crippen molar-refractivity contribution < 1.29 is 31.1 Å². The fraction of sp³-hybridized carbons (Fsp3) is 0.300. The maximum Gasteiger partial charge on any atom is 0.416 e. The van der Waals surface area contributed by atoms with E-state index in [0.717, 1.165) is 30.6 Å². The molecule has 0 atom stereocenters. The molecule has 0 unspecified atom stereocenters. The van der Waals surface area contributed by atoms with Crippen molar-refractivity contribution in [1.29, 1.82) is 0 Å². The van der Waals surface area contributed by atoms with E-state index in [4.69, 9.17) is 10.5 Å². The highest BCUT2D eigenvalue weighted by atomic mass is 32.2. The molecule has 0 saturated heterocycles. The first kappa shape index (κ1) is 24.2. The number of ether oxygens (including phenoxy) is 1. The highest BCUT2D eigenvalue weighted by molar-refractivity contribution is 7.91. The highest BCUT2D eigenvalue weighted by Gasteiger charge is 2.32. The summed E-state index contributed by atoms with van der Waals surface area (Å²) < 4.78 is 70.8. The molecule has 2 aromatic heterocycles. The van der Waals surface area contributed by atoms with E-state index in [0.29, 0.717) is 10.7 Å². The van der Waals surface area contributed by atoms with Crippen LogP contribution in [0.1, 0.15) is 26.3 Å². The molecule has 0 fully saturated rings. The molecule has 0 bridgehead atoms. The summed E-state index contributed by atoms with van der Waals surface area (Å²) in [5.41, 5.74) is 1.73. The Kier molecular flexibility index (Phi) is 5.96. The van der Waals surface area contributed by atoms with Crippen LogP contribution in [0.25, 0.3) is 16.6 Å². The Morgan fingerprint density at radius 2 is 1.85 bits per heavy atom. The zero-order valence-electron chi connectivity index (χ0n) is 17.7. The Balaban J connectivity index is 2.26. The van der Waals surface area contributed by atoms with Gasteiger partial charge in [0.1, 0.15) is 10.6 Å². The number of fused-ring (bicyclic) bond motifs is 1. The van der Waals surface area contributed by atoms with E-state index in [2.05, 4.69) is 10.1 Å². The number of alkyl halides is 3. The third-order valence-corrected chi connectivity index (χ3v) is 6.54. The lowest BCUT2D eigenvalue weighted by molar-refractivity contribution is -0.137. The molecule has 9 nitrogen and oxygen atoms in total. The maximum atomic E-state index is 13.1. The average Bonchev–Trinajstić information content (AvgIpc) is 2.73. The number of primary amides is 1. The summed E-state index contributed by atoms with van der Waals surface area (Å²) in [6.07, 6.45) is -2.50. The number of amides is 1. The molecule has 0 spiro atoms. The first-order valence-corrected chi connectivity index (χ1v) is 11.1. The number of nitrogens with two attached hydrogens (primary N) is 1. The Hall–Kier alpha value is -3.48. The van der Waals surface area contributed by atoms with Gasteiger partial charge in [0.15, 0.2) is 21.3 Å². The van der Waals surface area contributed by atoms with Gasteiger partial charge in [-0.25, -0.2) is 13.4 Å². The second-order valence-electron chi connectivity index (χ2n) is 7.53. The third kappa shape index (κ3) is 4.67. The molecule has 2 N–H and O–H groups in total. The number of sulfone groups is 1. The van der Waals surface area contributed by atoms with Crippen molar-refractivity contribution in [3.8, 4) is 11.6 Å². The number of hydrogen-bond donors (Lipinski definition) is 1. The molecule has 2 heterocycles. The van der Waals surface area contributed by atoms with E-state index in [1.54, 1.807) is 0 Å². The van der Waals surface area contributed by atoms with Crippen molar-refractivity contribution in [3.05, 3.63) is 52.6 Å². The summed E-state index contributed by atoms with van der Waals surface area (Å²) in [5.74, 6) is -1.75. The Morgan fingerprint density at radius 3 is 2.42 bits per heavy atom. The van der Waals surface area contributed by atoms with Crippen LogP contribution < -0.4 is 16.0 Å². The lowest BCUT2D eigenvalue weighted by Gasteiger charge is -2.23. The molecule has 0 aliphatic heterocycles. The van der Waals surface area contributed by atoms with Gasteiger partial charge in [0, 0.05) is 11.5 Å². The van der Waals surface area contributed by atoms with Crippen LogP contribution in [0.15, 0.2) is 46.3 Å². The predicted octanol–water partition coefficient (Wildman–Crippen LogP) is 2.24. The van der Waals surface area contributed by atoms with Gasteiger partial charge in [0.25, 0.3) is 11.5 Å². The number of aromatic nitrogens is 3. The van der Waals surface area contributed by atoms with Gasteiger partial charge in [0.05, 0.1) is 29.1 Å². The lowest BCUT2D eigenvalue weighted by Crippen LogP contribution is -2.43. The molecule has 0 radical (unpaired) electrons. The van der Waals surface area contributed by atoms with Gasteiger partial charge in [-0.1, -0.05) is 13.0 Å². The third-order valence-electron chi connectivity index (χ3n) is 4.81. The zero-order chi connectivity index (χ0) is 24.8. The van der Waals surface area contributed by atoms with E-state index in [9.17, 15) is 31.2 Å². The van der Waals surface area contributed by atoms with E-state index in [1.165, 1.54) is 20.8 Å². The molecular weight excluding hydrogens is 465 g/mol. The van der Waals surface area contributed by atoms with Gasteiger partial charge in [-0.05, 0) is 26.0 Å². The SMILES string of the molecule is CCS(=O)(=O)c1cc(OC(C)(C)C(N)=O)cnc1-n1ncc2ccc(C(F)(F)F)cc2c1=O. The first-order chi connectivity index (χ1) is 15.2. The van der Waals surface area contributed by atoms with Crippen molar-refractivity contribution in [2.75, 3.05) is 5.75 Å². The fourth-order valence-electron chi connectivity index (χ4n) is 2.83. The minimum Gasteiger partial charge on any atom is -0.476 e. The van der Waals surface area contributed by atoms with Crippen molar-refractivity contribution >= 4 is 26.5 Å². The van der Waals surface area contributed by atoms with Crippen molar-refractivity contribution in [3.63, 3.8) is 0 Å². The van der Waals surface area contributed by atoms with E-state index in [-0.39, 0.29) is 22.3 Å². The zero-order valence-corrected chi connectivity index (χ0v) is 18.5. The average molecular weight is 484 g/mol. The number of benzene rings is 1. The summed E-state index contributed by atoms with van der Waals surface area (Å²) in [4.78, 5) is 28.0. The van der Waals surface area contributed by atoms with Crippen LogP contribution in [0.3, 0.4) is 0 Å². The first-order valence-electron chi connectivity index (χ1n) is 9.49. The smallest absolute Gasteiger partial charge is 0.416 e. The molecular formula is C20H19F3N4O5S. The molecule has 3 aromatic rings. The predicted molar refractivity (Wildman–Crippen MR) is 112 cm³/mol. The maximum absolute atomic E-state index is 13.1. The summed E-state index contributed by atoms with van der Waals surface area (Å²) in [6.45, 7) is 4.09. The summed E-state index contributed by atoms with van der Waals surface area (Å²) in [7, 11) is -4.02. The number of halogens is 3. The molecule has 1 aromatic carbocycles. The van der Waals surface area contributed by atoms with Crippen molar-refractivity contribution in [2.24, 2.45) is 5.73 Å². The van der Waals surface area contributed by atoms with E-state index >= 15 is 0 Å². The van der Waals surface area contributed by atoms with Gasteiger partial charge in [-0.2, -0.15) is 23.0 Å². The Bertz CT molecular complexity index is 1420. The number of pyridine rings is 1. The summed E-state index contributed by atoms with van der Waals surface area (Å²) in [5, 5.41) is 3.70.